The summed E-state index contributed by atoms with van der Waals surface area (Å²) in [5, 5.41) is 0. The normalized spacial score (nSPS) is 10.3. The summed E-state index contributed by atoms with van der Waals surface area (Å²) in [7, 11) is 0. The molecule has 0 atom stereocenters. The van der Waals surface area contributed by atoms with Crippen molar-refractivity contribution in [2.24, 2.45) is 0 Å². The SMILES string of the molecule is C=C(C(=O)OCCCCC)C(=O)OCCCCCOC(=O)C(=C)C(=O)OCCCCCOC(=O)CC(=O)OCCCCCOC(=O)C(=C)C(=O)OCCCCCOC(=O)C(=C)C(=O)OCCCCC. The summed E-state index contributed by atoms with van der Waals surface area (Å²) in [6.07, 6.45) is 9.93. The molecule has 0 unspecified atom stereocenters. The molecule has 69 heavy (non-hydrogen) atoms. The molecule has 20 nitrogen and oxygen atoms in total. The van der Waals surface area contributed by atoms with Crippen molar-refractivity contribution in [3.8, 4) is 0 Å². The summed E-state index contributed by atoms with van der Waals surface area (Å²) in [6, 6.07) is 0. The number of hydrogen-bond donors (Lipinski definition) is 0. The van der Waals surface area contributed by atoms with E-state index in [1.165, 1.54) is 0 Å². The molecule has 0 heterocycles. The van der Waals surface area contributed by atoms with Gasteiger partial charge in [0.05, 0.1) is 66.1 Å². The monoisotopic (exact) mass is 980 g/mol. The molecule has 0 N–H and O–H groups in total. The molecule has 0 fully saturated rings. The smallest absolute Gasteiger partial charge is 0.344 e. The van der Waals surface area contributed by atoms with E-state index in [1.54, 1.807) is 0 Å². The van der Waals surface area contributed by atoms with Crippen LogP contribution in [0.25, 0.3) is 0 Å². The van der Waals surface area contributed by atoms with Crippen LogP contribution in [0.3, 0.4) is 0 Å². The molecule has 0 aliphatic carbocycles. The maximum Gasteiger partial charge on any atom is 0.344 e. The molecule has 388 valence electrons. The van der Waals surface area contributed by atoms with E-state index in [0.29, 0.717) is 89.9 Å². The van der Waals surface area contributed by atoms with Crippen LogP contribution >= 0.6 is 0 Å². The van der Waals surface area contributed by atoms with E-state index >= 15 is 0 Å². The largest absolute Gasteiger partial charge is 0.465 e. The van der Waals surface area contributed by atoms with Gasteiger partial charge in [0.1, 0.15) is 28.7 Å². The Hall–Kier alpha value is -6.34. The van der Waals surface area contributed by atoms with Crippen molar-refractivity contribution in [2.75, 3.05) is 66.1 Å². The Balaban J connectivity index is 3.87. The molecule has 0 saturated heterocycles. The first-order valence-electron chi connectivity index (χ1n) is 23.5. The zero-order valence-electron chi connectivity index (χ0n) is 40.5. The van der Waals surface area contributed by atoms with Gasteiger partial charge in [0.15, 0.2) is 0 Å². The van der Waals surface area contributed by atoms with Crippen molar-refractivity contribution in [3.05, 3.63) is 48.6 Å². The van der Waals surface area contributed by atoms with Crippen LogP contribution in [-0.4, -0.2) is 126 Å². The van der Waals surface area contributed by atoms with Crippen LogP contribution in [-0.2, 0) is 95.3 Å². The van der Waals surface area contributed by atoms with Crippen molar-refractivity contribution in [1.29, 1.82) is 0 Å². The maximum absolute atomic E-state index is 12.1. The Morgan fingerprint density at radius 3 is 0.580 bits per heavy atom. The van der Waals surface area contributed by atoms with E-state index in [9.17, 15) is 47.9 Å². The van der Waals surface area contributed by atoms with E-state index in [2.05, 4.69) is 26.3 Å². The van der Waals surface area contributed by atoms with Gasteiger partial charge in [0, 0.05) is 0 Å². The van der Waals surface area contributed by atoms with E-state index in [4.69, 9.17) is 47.4 Å². The molecule has 0 radical (unpaired) electrons. The standard InChI is InChI=1S/C49H72O20/c1-7-9-15-27-62-42(52)36(3)44(54)66-31-21-13-23-33-68-48(58)38(5)46(56)64-29-19-11-17-25-60-40(50)35-41(51)61-26-18-12-20-30-65-47(57)39(6)49(59)69-34-24-14-22-32-67-45(55)37(4)43(53)63-28-16-10-8-2/h3-35H2,1-2H3. The third kappa shape index (κ3) is 32.9. The summed E-state index contributed by atoms with van der Waals surface area (Å²) < 4.78 is 50.2. The Morgan fingerprint density at radius 1 is 0.246 bits per heavy atom. The van der Waals surface area contributed by atoms with Crippen LogP contribution in [0, 0.1) is 0 Å². The number of carbonyl (C=O) groups is 10. The average Bonchev–Trinajstić information content (AvgIpc) is 3.33. The lowest BCUT2D eigenvalue weighted by atomic mass is 10.2. The summed E-state index contributed by atoms with van der Waals surface area (Å²) in [5.41, 5.74) is -1.70. The molecular weight excluding hydrogens is 909 g/mol. The first kappa shape index (κ1) is 62.7. The molecule has 0 aliphatic heterocycles. The van der Waals surface area contributed by atoms with Crippen LogP contribution in [0.4, 0.5) is 0 Å². The summed E-state index contributed by atoms with van der Waals surface area (Å²) in [6.45, 7) is 18.1. The second kappa shape index (κ2) is 40.7. The van der Waals surface area contributed by atoms with Crippen LogP contribution in [0.1, 0.15) is 136 Å². The Labute approximate surface area is 404 Å². The molecule has 0 aromatic rings. The molecular formula is C49H72O20. The fourth-order valence-corrected chi connectivity index (χ4v) is 5.17. The van der Waals surface area contributed by atoms with Crippen molar-refractivity contribution >= 4 is 59.7 Å². The molecule has 20 heteroatoms. The number of unbranched alkanes of at least 4 members (excludes halogenated alkanes) is 12. The summed E-state index contributed by atoms with van der Waals surface area (Å²) in [5.74, 6) is -8.62. The van der Waals surface area contributed by atoms with Crippen molar-refractivity contribution in [2.45, 2.75) is 136 Å². The van der Waals surface area contributed by atoms with Gasteiger partial charge in [0.25, 0.3) is 0 Å². The summed E-state index contributed by atoms with van der Waals surface area (Å²) >= 11 is 0. The second-order valence-electron chi connectivity index (χ2n) is 15.3. The highest BCUT2D eigenvalue weighted by atomic mass is 16.6. The first-order valence-corrected chi connectivity index (χ1v) is 23.5. The van der Waals surface area contributed by atoms with Gasteiger partial charge in [-0.05, 0) is 89.9 Å². The fourth-order valence-electron chi connectivity index (χ4n) is 5.17. The third-order valence-electron chi connectivity index (χ3n) is 9.30. The molecule has 0 amide bonds. The summed E-state index contributed by atoms with van der Waals surface area (Å²) in [4.78, 5) is 120. The zero-order valence-corrected chi connectivity index (χ0v) is 40.5. The van der Waals surface area contributed by atoms with Gasteiger partial charge in [-0.15, -0.1) is 0 Å². The zero-order chi connectivity index (χ0) is 51.7. The maximum atomic E-state index is 12.1. The van der Waals surface area contributed by atoms with Gasteiger partial charge < -0.3 is 47.4 Å². The van der Waals surface area contributed by atoms with Gasteiger partial charge in [0.2, 0.25) is 0 Å². The van der Waals surface area contributed by atoms with E-state index in [1.807, 2.05) is 13.8 Å². The minimum absolute atomic E-state index is 0.00846. The average molecular weight is 981 g/mol. The lowest BCUT2D eigenvalue weighted by Crippen LogP contribution is -2.19. The van der Waals surface area contributed by atoms with Crippen LogP contribution < -0.4 is 0 Å². The highest BCUT2D eigenvalue weighted by Crippen LogP contribution is 2.09. The van der Waals surface area contributed by atoms with Gasteiger partial charge in [-0.25, -0.2) is 38.4 Å². The van der Waals surface area contributed by atoms with Crippen LogP contribution in [0.2, 0.25) is 0 Å². The molecule has 0 rings (SSSR count). The lowest BCUT2D eigenvalue weighted by Gasteiger charge is -2.09. The molecule has 0 spiro atoms. The number of ether oxygens (including phenoxy) is 10. The molecule has 0 aliphatic rings. The Kier molecular flexibility index (Phi) is 37.0. The predicted molar refractivity (Wildman–Crippen MR) is 245 cm³/mol. The van der Waals surface area contributed by atoms with Gasteiger partial charge in [-0.1, -0.05) is 65.8 Å². The predicted octanol–water partition coefficient (Wildman–Crippen LogP) is 6.09. The van der Waals surface area contributed by atoms with Crippen LogP contribution in [0.5, 0.6) is 0 Å². The van der Waals surface area contributed by atoms with E-state index in [0.717, 1.165) is 25.7 Å². The Bertz CT molecular complexity index is 1590. The molecule has 0 bridgehead atoms. The molecule has 0 saturated carbocycles. The fraction of sp³-hybridized carbons (Fsp3) is 0.633. The minimum atomic E-state index is -0.934. The number of hydrogen-bond acceptors (Lipinski definition) is 20. The van der Waals surface area contributed by atoms with E-state index < -0.39 is 77.3 Å². The van der Waals surface area contributed by atoms with Gasteiger partial charge >= 0.3 is 59.7 Å². The highest BCUT2D eigenvalue weighted by molar-refractivity contribution is 6.15. The van der Waals surface area contributed by atoms with Crippen LogP contribution in [0.15, 0.2) is 48.6 Å². The molecule has 0 aromatic carbocycles. The lowest BCUT2D eigenvalue weighted by molar-refractivity contribution is -0.155. The van der Waals surface area contributed by atoms with Crippen molar-refractivity contribution in [3.63, 3.8) is 0 Å². The second-order valence-corrected chi connectivity index (χ2v) is 15.3. The van der Waals surface area contributed by atoms with E-state index in [-0.39, 0.29) is 77.2 Å². The van der Waals surface area contributed by atoms with Crippen molar-refractivity contribution in [1.82, 2.24) is 0 Å². The highest BCUT2D eigenvalue weighted by Gasteiger charge is 2.22. The topological polar surface area (TPSA) is 263 Å². The quantitative estimate of drug-likeness (QED) is 0.0167. The number of esters is 10. The number of carbonyl (C=O) groups excluding carboxylic acids is 10. The number of rotatable bonds is 42. The Morgan fingerprint density at radius 2 is 0.406 bits per heavy atom. The van der Waals surface area contributed by atoms with Gasteiger partial charge in [-0.2, -0.15) is 0 Å². The third-order valence-corrected chi connectivity index (χ3v) is 9.30. The minimum Gasteiger partial charge on any atom is -0.465 e. The van der Waals surface area contributed by atoms with Gasteiger partial charge in [-0.3, -0.25) is 9.59 Å². The first-order chi connectivity index (χ1) is 33.1. The van der Waals surface area contributed by atoms with Crippen molar-refractivity contribution < 1.29 is 95.3 Å². The molecule has 0 aromatic heterocycles.